The summed E-state index contributed by atoms with van der Waals surface area (Å²) in [6.45, 7) is 6.76. The van der Waals surface area contributed by atoms with Gasteiger partial charge in [-0.1, -0.05) is 27.2 Å². The van der Waals surface area contributed by atoms with E-state index in [0.717, 1.165) is 36.4 Å². The standard InChI is InChI=1S/C18H28N2O/c1-4-13(3)12-15(5-2)19-16-8-6-14(7-9-16)18(21)20-17-10-11-17/h6-9,13,15,17,19H,4-5,10-12H2,1-3H3,(H,20,21). The first kappa shape index (κ1) is 15.9. The molecule has 0 radical (unpaired) electrons. The molecule has 1 amide bonds. The summed E-state index contributed by atoms with van der Waals surface area (Å²) in [4.78, 5) is 11.9. The van der Waals surface area contributed by atoms with Gasteiger partial charge < -0.3 is 10.6 Å². The fraction of sp³-hybridized carbons (Fsp3) is 0.611. The highest BCUT2D eigenvalue weighted by atomic mass is 16.1. The Kier molecular flexibility index (Phi) is 5.66. The molecule has 0 heterocycles. The Labute approximate surface area is 128 Å². The van der Waals surface area contributed by atoms with Crippen molar-refractivity contribution in [3.05, 3.63) is 29.8 Å². The van der Waals surface area contributed by atoms with E-state index >= 15 is 0 Å². The van der Waals surface area contributed by atoms with E-state index < -0.39 is 0 Å². The number of carbonyl (C=O) groups is 1. The number of anilines is 1. The summed E-state index contributed by atoms with van der Waals surface area (Å²) < 4.78 is 0. The van der Waals surface area contributed by atoms with E-state index in [1.54, 1.807) is 0 Å². The summed E-state index contributed by atoms with van der Waals surface area (Å²) in [7, 11) is 0. The smallest absolute Gasteiger partial charge is 0.251 e. The van der Waals surface area contributed by atoms with Gasteiger partial charge in [-0.2, -0.15) is 0 Å². The number of benzene rings is 1. The van der Waals surface area contributed by atoms with Crippen LogP contribution in [0.1, 0.15) is 63.2 Å². The molecule has 0 aliphatic heterocycles. The normalized spacial score (nSPS) is 17.1. The van der Waals surface area contributed by atoms with Crippen molar-refractivity contribution >= 4 is 11.6 Å². The molecule has 2 unspecified atom stereocenters. The molecule has 1 aromatic rings. The molecule has 1 aliphatic rings. The summed E-state index contributed by atoms with van der Waals surface area (Å²) in [5.74, 6) is 0.793. The van der Waals surface area contributed by atoms with Crippen molar-refractivity contribution in [2.75, 3.05) is 5.32 Å². The van der Waals surface area contributed by atoms with Crippen molar-refractivity contribution in [3.8, 4) is 0 Å². The monoisotopic (exact) mass is 288 g/mol. The first-order chi connectivity index (χ1) is 10.1. The average molecular weight is 288 g/mol. The van der Waals surface area contributed by atoms with Crippen LogP contribution in [0.3, 0.4) is 0 Å². The maximum atomic E-state index is 11.9. The number of nitrogens with one attached hydrogen (secondary N) is 2. The molecule has 0 bridgehead atoms. The third-order valence-corrected chi connectivity index (χ3v) is 4.31. The average Bonchev–Trinajstić information content (AvgIpc) is 3.30. The molecule has 1 fully saturated rings. The van der Waals surface area contributed by atoms with Gasteiger partial charge in [-0.3, -0.25) is 4.79 Å². The molecular formula is C18H28N2O. The molecule has 0 spiro atoms. The third-order valence-electron chi connectivity index (χ3n) is 4.31. The van der Waals surface area contributed by atoms with Gasteiger partial charge in [0.2, 0.25) is 0 Å². The van der Waals surface area contributed by atoms with E-state index in [4.69, 9.17) is 0 Å². The highest BCUT2D eigenvalue weighted by molar-refractivity contribution is 5.94. The summed E-state index contributed by atoms with van der Waals surface area (Å²) in [6, 6.07) is 8.77. The lowest BCUT2D eigenvalue weighted by Crippen LogP contribution is -2.25. The number of carbonyl (C=O) groups excluding carboxylic acids is 1. The van der Waals surface area contributed by atoms with E-state index in [9.17, 15) is 4.79 Å². The van der Waals surface area contributed by atoms with Crippen LogP contribution in [0.15, 0.2) is 24.3 Å². The molecule has 2 rings (SSSR count). The topological polar surface area (TPSA) is 41.1 Å². The molecule has 1 aromatic carbocycles. The van der Waals surface area contributed by atoms with Gasteiger partial charge in [0.1, 0.15) is 0 Å². The Bertz CT molecular complexity index is 451. The minimum atomic E-state index is 0.0516. The molecule has 1 saturated carbocycles. The van der Waals surface area contributed by atoms with Gasteiger partial charge in [0.25, 0.3) is 5.91 Å². The second-order valence-electron chi connectivity index (χ2n) is 6.32. The fourth-order valence-electron chi connectivity index (χ4n) is 2.43. The zero-order valence-electron chi connectivity index (χ0n) is 13.5. The zero-order chi connectivity index (χ0) is 15.2. The van der Waals surface area contributed by atoms with Crippen molar-refractivity contribution in [1.82, 2.24) is 5.32 Å². The van der Waals surface area contributed by atoms with E-state index in [2.05, 4.69) is 31.4 Å². The number of rotatable bonds is 8. The summed E-state index contributed by atoms with van der Waals surface area (Å²) in [5, 5.41) is 6.60. The predicted molar refractivity (Wildman–Crippen MR) is 88.7 cm³/mol. The quantitative estimate of drug-likeness (QED) is 0.752. The van der Waals surface area contributed by atoms with Crippen molar-refractivity contribution in [1.29, 1.82) is 0 Å². The highest BCUT2D eigenvalue weighted by Crippen LogP contribution is 2.20. The molecule has 2 atom stereocenters. The van der Waals surface area contributed by atoms with E-state index in [1.165, 1.54) is 12.8 Å². The van der Waals surface area contributed by atoms with Crippen LogP contribution >= 0.6 is 0 Å². The SMILES string of the molecule is CCC(C)CC(CC)Nc1ccc(C(=O)NC2CC2)cc1. The highest BCUT2D eigenvalue weighted by Gasteiger charge is 2.23. The Balaban J connectivity index is 1.89. The zero-order valence-corrected chi connectivity index (χ0v) is 13.5. The van der Waals surface area contributed by atoms with E-state index in [0.29, 0.717) is 12.1 Å². The number of hydrogen-bond donors (Lipinski definition) is 2. The first-order valence-corrected chi connectivity index (χ1v) is 8.29. The van der Waals surface area contributed by atoms with Crippen LogP contribution in [0.2, 0.25) is 0 Å². The van der Waals surface area contributed by atoms with Crippen LogP contribution in [0, 0.1) is 5.92 Å². The lowest BCUT2D eigenvalue weighted by Gasteiger charge is -2.21. The lowest BCUT2D eigenvalue weighted by molar-refractivity contribution is 0.0951. The van der Waals surface area contributed by atoms with Crippen LogP contribution in [0.4, 0.5) is 5.69 Å². The van der Waals surface area contributed by atoms with Gasteiger partial charge >= 0.3 is 0 Å². The molecule has 0 saturated heterocycles. The fourth-order valence-corrected chi connectivity index (χ4v) is 2.43. The van der Waals surface area contributed by atoms with Gasteiger partial charge in [-0.05, 0) is 55.9 Å². The second-order valence-corrected chi connectivity index (χ2v) is 6.32. The number of hydrogen-bond acceptors (Lipinski definition) is 2. The summed E-state index contributed by atoms with van der Waals surface area (Å²) in [6.07, 6.45) is 5.78. The van der Waals surface area contributed by atoms with Crippen molar-refractivity contribution in [2.24, 2.45) is 5.92 Å². The Morgan fingerprint density at radius 1 is 1.19 bits per heavy atom. The largest absolute Gasteiger partial charge is 0.382 e. The summed E-state index contributed by atoms with van der Waals surface area (Å²) >= 11 is 0. The van der Waals surface area contributed by atoms with Crippen molar-refractivity contribution < 1.29 is 4.79 Å². The predicted octanol–water partition coefficient (Wildman–Crippen LogP) is 4.21. The minimum Gasteiger partial charge on any atom is -0.382 e. The molecule has 21 heavy (non-hydrogen) atoms. The van der Waals surface area contributed by atoms with E-state index in [1.807, 2.05) is 24.3 Å². The first-order valence-electron chi connectivity index (χ1n) is 8.29. The maximum absolute atomic E-state index is 11.9. The van der Waals surface area contributed by atoms with Crippen LogP contribution in [0.25, 0.3) is 0 Å². The third kappa shape index (κ3) is 5.07. The van der Waals surface area contributed by atoms with Crippen molar-refractivity contribution in [2.45, 2.75) is 65.0 Å². The van der Waals surface area contributed by atoms with Crippen LogP contribution in [-0.2, 0) is 0 Å². The molecule has 116 valence electrons. The van der Waals surface area contributed by atoms with Crippen LogP contribution in [-0.4, -0.2) is 18.0 Å². The molecule has 1 aliphatic carbocycles. The Hall–Kier alpha value is -1.51. The number of amides is 1. The van der Waals surface area contributed by atoms with Gasteiger partial charge in [0.15, 0.2) is 0 Å². The minimum absolute atomic E-state index is 0.0516. The van der Waals surface area contributed by atoms with E-state index in [-0.39, 0.29) is 5.91 Å². The second kappa shape index (κ2) is 7.48. The van der Waals surface area contributed by atoms with Gasteiger partial charge in [-0.25, -0.2) is 0 Å². The lowest BCUT2D eigenvalue weighted by atomic mass is 9.97. The molecule has 3 heteroatoms. The van der Waals surface area contributed by atoms with Crippen molar-refractivity contribution in [3.63, 3.8) is 0 Å². The van der Waals surface area contributed by atoms with Crippen LogP contribution in [0.5, 0.6) is 0 Å². The maximum Gasteiger partial charge on any atom is 0.251 e. The Morgan fingerprint density at radius 2 is 1.86 bits per heavy atom. The molecule has 3 nitrogen and oxygen atoms in total. The molecular weight excluding hydrogens is 260 g/mol. The molecule has 2 N–H and O–H groups in total. The Morgan fingerprint density at radius 3 is 2.38 bits per heavy atom. The van der Waals surface area contributed by atoms with Gasteiger partial charge in [-0.15, -0.1) is 0 Å². The van der Waals surface area contributed by atoms with Gasteiger partial charge in [0.05, 0.1) is 0 Å². The van der Waals surface area contributed by atoms with Crippen LogP contribution < -0.4 is 10.6 Å². The molecule has 0 aromatic heterocycles. The summed E-state index contributed by atoms with van der Waals surface area (Å²) in [5.41, 5.74) is 1.86. The van der Waals surface area contributed by atoms with Gasteiger partial charge in [0, 0.05) is 23.3 Å².